The maximum atomic E-state index is 12.4. The predicted molar refractivity (Wildman–Crippen MR) is 84.0 cm³/mol. The number of carbonyl (C=O) groups is 2. The molecule has 2 heterocycles. The van der Waals surface area contributed by atoms with Crippen LogP contribution >= 0.6 is 11.8 Å². The molecule has 5 heteroatoms. The highest BCUT2D eigenvalue weighted by Gasteiger charge is 2.56. The lowest BCUT2D eigenvalue weighted by atomic mass is 9.98. The first-order valence-electron chi connectivity index (χ1n) is 7.23. The Kier molecular flexibility index (Phi) is 3.48. The van der Waals surface area contributed by atoms with Crippen molar-refractivity contribution in [1.82, 2.24) is 10.2 Å². The molecule has 0 aliphatic carbocycles. The number of β-lactam (4-membered cyclic amide) rings is 1. The van der Waals surface area contributed by atoms with Crippen molar-refractivity contribution in [2.24, 2.45) is 0 Å². The highest BCUT2D eigenvalue weighted by atomic mass is 32.2. The third-order valence-electron chi connectivity index (χ3n) is 4.12. The molecule has 1 aromatic carbocycles. The van der Waals surface area contributed by atoms with Crippen molar-refractivity contribution < 1.29 is 9.59 Å². The van der Waals surface area contributed by atoms with Crippen molar-refractivity contribution >= 4 is 23.6 Å². The largest absolute Gasteiger partial charge is 0.341 e. The van der Waals surface area contributed by atoms with E-state index in [-0.39, 0.29) is 33.9 Å². The van der Waals surface area contributed by atoms with E-state index in [1.165, 1.54) is 0 Å². The third-order valence-corrected chi connectivity index (χ3v) is 5.66. The summed E-state index contributed by atoms with van der Waals surface area (Å²) in [6, 6.07) is 9.28. The van der Waals surface area contributed by atoms with Crippen LogP contribution in [0.3, 0.4) is 0 Å². The molecule has 1 N–H and O–H groups in total. The van der Waals surface area contributed by atoms with Crippen LogP contribution in [0.5, 0.6) is 0 Å². The first-order valence-corrected chi connectivity index (χ1v) is 8.11. The van der Waals surface area contributed by atoms with Crippen molar-refractivity contribution in [2.45, 2.75) is 42.9 Å². The van der Waals surface area contributed by atoms with Gasteiger partial charge in [0.05, 0.1) is 5.92 Å². The standard InChI is InChI=1S/C16H20N2O2S/c1-10(11-7-5-4-6-8-11)13(19)17-12-14(20)18-9-16(2,3)21-15(12)18/h4-8,10,12,15H,9H2,1-3H3,(H,17,19)/t10-,12-,15?/m1/s1. The van der Waals surface area contributed by atoms with Crippen LogP contribution in [0.15, 0.2) is 30.3 Å². The molecule has 2 fully saturated rings. The fraction of sp³-hybridized carbons (Fsp3) is 0.500. The lowest BCUT2D eigenvalue weighted by molar-refractivity contribution is -0.148. The van der Waals surface area contributed by atoms with Crippen molar-refractivity contribution in [3.05, 3.63) is 35.9 Å². The fourth-order valence-corrected chi connectivity index (χ4v) is 4.40. The number of hydrogen-bond acceptors (Lipinski definition) is 3. The lowest BCUT2D eigenvalue weighted by Gasteiger charge is -2.42. The molecule has 3 atom stereocenters. The van der Waals surface area contributed by atoms with E-state index >= 15 is 0 Å². The molecule has 0 aromatic heterocycles. The van der Waals surface area contributed by atoms with Crippen LogP contribution in [0, 0.1) is 0 Å². The zero-order valence-electron chi connectivity index (χ0n) is 12.5. The monoisotopic (exact) mass is 304 g/mol. The highest BCUT2D eigenvalue weighted by Crippen LogP contribution is 2.46. The van der Waals surface area contributed by atoms with E-state index in [4.69, 9.17) is 0 Å². The molecule has 2 aliphatic rings. The molecule has 3 rings (SSSR count). The molecule has 112 valence electrons. The van der Waals surface area contributed by atoms with E-state index < -0.39 is 0 Å². The summed E-state index contributed by atoms with van der Waals surface area (Å²) in [5, 5.41) is 3.02. The molecule has 1 unspecified atom stereocenters. The summed E-state index contributed by atoms with van der Waals surface area (Å²) in [5.41, 5.74) is 0.970. The highest BCUT2D eigenvalue weighted by molar-refractivity contribution is 8.01. The molecular weight excluding hydrogens is 284 g/mol. The summed E-state index contributed by atoms with van der Waals surface area (Å²) in [4.78, 5) is 26.3. The zero-order valence-corrected chi connectivity index (χ0v) is 13.3. The van der Waals surface area contributed by atoms with Gasteiger partial charge in [0.25, 0.3) is 0 Å². The Morgan fingerprint density at radius 1 is 1.38 bits per heavy atom. The number of nitrogens with one attached hydrogen (secondary N) is 1. The molecule has 0 bridgehead atoms. The quantitative estimate of drug-likeness (QED) is 0.869. The molecule has 21 heavy (non-hydrogen) atoms. The summed E-state index contributed by atoms with van der Waals surface area (Å²) < 4.78 is 0.0743. The van der Waals surface area contributed by atoms with Gasteiger partial charge in [-0.15, -0.1) is 11.8 Å². The minimum atomic E-state index is -0.365. The second-order valence-electron chi connectivity index (χ2n) is 6.35. The molecule has 0 radical (unpaired) electrons. The number of carbonyl (C=O) groups excluding carboxylic acids is 2. The SMILES string of the molecule is C[C@@H](C(=O)N[C@@H]1C(=O)N2CC(C)(C)SC12)c1ccccc1. The van der Waals surface area contributed by atoms with Gasteiger partial charge < -0.3 is 10.2 Å². The summed E-state index contributed by atoms with van der Waals surface area (Å²) >= 11 is 1.77. The van der Waals surface area contributed by atoms with E-state index in [2.05, 4.69) is 19.2 Å². The maximum Gasteiger partial charge on any atom is 0.249 e. The van der Waals surface area contributed by atoms with Crippen LogP contribution < -0.4 is 5.32 Å². The van der Waals surface area contributed by atoms with Crippen LogP contribution in [0.2, 0.25) is 0 Å². The first kappa shape index (κ1) is 14.4. The third kappa shape index (κ3) is 2.55. The predicted octanol–water partition coefficient (Wildman–Crippen LogP) is 1.97. The number of rotatable bonds is 3. The number of nitrogens with zero attached hydrogens (tertiary/aromatic N) is 1. The smallest absolute Gasteiger partial charge is 0.249 e. The second-order valence-corrected chi connectivity index (χ2v) is 8.18. The van der Waals surface area contributed by atoms with Gasteiger partial charge in [-0.05, 0) is 26.3 Å². The fourth-order valence-electron chi connectivity index (χ4n) is 2.90. The van der Waals surface area contributed by atoms with Gasteiger partial charge in [-0.2, -0.15) is 0 Å². The Labute approximate surface area is 129 Å². The van der Waals surface area contributed by atoms with Crippen molar-refractivity contribution in [3.8, 4) is 0 Å². The Bertz CT molecular complexity index is 573. The van der Waals surface area contributed by atoms with Crippen LogP contribution in [0.4, 0.5) is 0 Å². The number of thioether (sulfide) groups is 1. The normalized spacial score (nSPS) is 27.8. The average Bonchev–Trinajstić information content (AvgIpc) is 2.77. The Hall–Kier alpha value is -1.49. The Morgan fingerprint density at radius 2 is 2.05 bits per heavy atom. The zero-order chi connectivity index (χ0) is 15.2. The van der Waals surface area contributed by atoms with E-state index in [0.717, 1.165) is 12.1 Å². The minimum Gasteiger partial charge on any atom is -0.341 e. The van der Waals surface area contributed by atoms with Crippen LogP contribution in [-0.2, 0) is 9.59 Å². The summed E-state index contributed by atoms with van der Waals surface area (Å²) in [7, 11) is 0. The molecule has 2 amide bonds. The van der Waals surface area contributed by atoms with Crippen LogP contribution in [0.1, 0.15) is 32.3 Å². The molecule has 1 aromatic rings. The van der Waals surface area contributed by atoms with Gasteiger partial charge in [-0.3, -0.25) is 9.59 Å². The van der Waals surface area contributed by atoms with Gasteiger partial charge in [0.15, 0.2) is 0 Å². The number of hydrogen-bond donors (Lipinski definition) is 1. The number of benzene rings is 1. The number of amides is 2. The van der Waals surface area contributed by atoms with Gasteiger partial charge in [-0.25, -0.2) is 0 Å². The number of fused-ring (bicyclic) bond motifs is 1. The Morgan fingerprint density at radius 3 is 2.71 bits per heavy atom. The van der Waals surface area contributed by atoms with Gasteiger partial charge in [0.1, 0.15) is 11.4 Å². The summed E-state index contributed by atoms with van der Waals surface area (Å²) in [6.07, 6.45) is 0. The van der Waals surface area contributed by atoms with E-state index in [0.29, 0.717) is 0 Å². The summed E-state index contributed by atoms with van der Waals surface area (Å²) in [5.74, 6) is -0.274. The van der Waals surface area contributed by atoms with Crippen molar-refractivity contribution in [2.75, 3.05) is 6.54 Å². The first-order chi connectivity index (χ1) is 9.89. The minimum absolute atomic E-state index is 0.0479. The molecule has 0 spiro atoms. The second kappa shape index (κ2) is 5.05. The van der Waals surface area contributed by atoms with Crippen molar-refractivity contribution in [3.63, 3.8) is 0 Å². The van der Waals surface area contributed by atoms with Gasteiger partial charge >= 0.3 is 0 Å². The topological polar surface area (TPSA) is 49.4 Å². The van der Waals surface area contributed by atoms with E-state index in [9.17, 15) is 9.59 Å². The van der Waals surface area contributed by atoms with Gasteiger partial charge in [0, 0.05) is 11.3 Å². The van der Waals surface area contributed by atoms with Gasteiger partial charge in [0.2, 0.25) is 11.8 Å². The molecule has 2 aliphatic heterocycles. The van der Waals surface area contributed by atoms with Crippen LogP contribution in [-0.4, -0.2) is 39.4 Å². The van der Waals surface area contributed by atoms with E-state index in [1.807, 2.05) is 42.2 Å². The Balaban J connectivity index is 1.65. The van der Waals surface area contributed by atoms with E-state index in [1.54, 1.807) is 11.8 Å². The van der Waals surface area contributed by atoms with Crippen LogP contribution in [0.25, 0.3) is 0 Å². The molecule has 4 nitrogen and oxygen atoms in total. The molecule has 2 saturated heterocycles. The lowest BCUT2D eigenvalue weighted by Crippen LogP contribution is -2.67. The van der Waals surface area contributed by atoms with Gasteiger partial charge in [-0.1, -0.05) is 30.3 Å². The average molecular weight is 304 g/mol. The van der Waals surface area contributed by atoms with Crippen molar-refractivity contribution in [1.29, 1.82) is 0 Å². The maximum absolute atomic E-state index is 12.4. The molecular formula is C16H20N2O2S. The summed E-state index contributed by atoms with van der Waals surface area (Å²) in [6.45, 7) is 6.91. The molecule has 0 saturated carbocycles.